The van der Waals surface area contributed by atoms with Crippen LogP contribution in [0.1, 0.15) is 73.0 Å². The van der Waals surface area contributed by atoms with Gasteiger partial charge in [-0.05, 0) is 69.4 Å². The lowest BCUT2D eigenvalue weighted by molar-refractivity contribution is -0.123. The zero-order chi connectivity index (χ0) is 24.2. The van der Waals surface area contributed by atoms with Crippen molar-refractivity contribution in [3.05, 3.63) is 51.7 Å². The van der Waals surface area contributed by atoms with Gasteiger partial charge in [0.05, 0.1) is 5.37 Å². The molecule has 33 heavy (non-hydrogen) atoms. The second kappa shape index (κ2) is 10.8. The lowest BCUT2D eigenvalue weighted by Crippen LogP contribution is -2.34. The summed E-state index contributed by atoms with van der Waals surface area (Å²) < 4.78 is 14.3. The van der Waals surface area contributed by atoms with Crippen LogP contribution in [0.3, 0.4) is 0 Å². The second-order valence-corrected chi connectivity index (χ2v) is 11.2. The van der Waals surface area contributed by atoms with Crippen LogP contribution < -0.4 is 4.90 Å². The number of carboxylic acid groups (broad SMARTS) is 1. The van der Waals surface area contributed by atoms with E-state index in [9.17, 15) is 18.8 Å². The molecule has 3 rings (SSSR count). The van der Waals surface area contributed by atoms with E-state index in [2.05, 4.69) is 6.92 Å². The molecule has 1 amide bonds. The van der Waals surface area contributed by atoms with Crippen LogP contribution in [0.4, 0.5) is 10.1 Å². The van der Waals surface area contributed by atoms with Gasteiger partial charge in [-0.2, -0.15) is 0 Å². The van der Waals surface area contributed by atoms with E-state index in [0.29, 0.717) is 36.2 Å². The number of Topliss-reactive ketones (excluding diaryl/α,β-unsaturated/α-hetero) is 1. The Kier molecular flexibility index (Phi) is 8.34. The first kappa shape index (κ1) is 25.4. The molecule has 2 heterocycles. The fraction of sp³-hybridized carbons (Fsp3) is 0.480. The Labute approximate surface area is 202 Å². The number of ketones is 1. The van der Waals surface area contributed by atoms with E-state index in [1.165, 1.54) is 16.2 Å². The molecule has 2 atom stereocenters. The molecule has 1 N–H and O–H groups in total. The minimum Gasteiger partial charge on any atom is -0.477 e. The summed E-state index contributed by atoms with van der Waals surface area (Å²) in [5.41, 5.74) is -0.703. The van der Waals surface area contributed by atoms with Crippen molar-refractivity contribution in [2.45, 2.75) is 75.6 Å². The Balaban J connectivity index is 1.68. The summed E-state index contributed by atoms with van der Waals surface area (Å²) >= 11 is 2.25. The molecule has 1 aliphatic heterocycles. The molecule has 2 aromatic rings. The van der Waals surface area contributed by atoms with Gasteiger partial charge in [0.15, 0.2) is 0 Å². The Morgan fingerprint density at radius 3 is 2.42 bits per heavy atom. The number of carbonyl (C=O) groups is 3. The van der Waals surface area contributed by atoms with Crippen LogP contribution in [-0.4, -0.2) is 33.6 Å². The SMILES string of the molecule is CCCCC(=O)C(C)(C)c1ccc(N2C(=O)C(F)SC2CCCc2ccc(C(=O)O)s2)cc1. The topological polar surface area (TPSA) is 74.7 Å². The summed E-state index contributed by atoms with van der Waals surface area (Å²) in [6.45, 7) is 5.89. The zero-order valence-electron chi connectivity index (χ0n) is 19.2. The first-order valence-corrected chi connectivity index (χ1v) is 13.0. The highest BCUT2D eigenvalue weighted by Gasteiger charge is 2.41. The number of halogens is 1. The van der Waals surface area contributed by atoms with Gasteiger partial charge in [0.1, 0.15) is 10.7 Å². The van der Waals surface area contributed by atoms with Crippen molar-refractivity contribution in [3.63, 3.8) is 0 Å². The molecule has 5 nitrogen and oxygen atoms in total. The third kappa shape index (κ3) is 5.84. The average molecular weight is 492 g/mol. The van der Waals surface area contributed by atoms with Gasteiger partial charge in [-0.3, -0.25) is 14.5 Å². The molecular weight excluding hydrogens is 461 g/mol. The van der Waals surface area contributed by atoms with E-state index < -0.39 is 22.8 Å². The van der Waals surface area contributed by atoms with Crippen molar-refractivity contribution in [2.75, 3.05) is 4.90 Å². The lowest BCUT2D eigenvalue weighted by Gasteiger charge is -2.27. The maximum atomic E-state index is 14.3. The third-order valence-electron chi connectivity index (χ3n) is 6.06. The number of hydrogen-bond donors (Lipinski definition) is 1. The number of unbranched alkanes of at least 4 members (excludes halogenated alkanes) is 1. The fourth-order valence-electron chi connectivity index (χ4n) is 3.93. The largest absolute Gasteiger partial charge is 0.477 e. The van der Waals surface area contributed by atoms with Crippen molar-refractivity contribution >= 4 is 46.4 Å². The van der Waals surface area contributed by atoms with E-state index in [1.54, 1.807) is 24.3 Å². The molecule has 1 aromatic carbocycles. The van der Waals surface area contributed by atoms with Crippen molar-refractivity contribution in [2.24, 2.45) is 0 Å². The van der Waals surface area contributed by atoms with Gasteiger partial charge in [0, 0.05) is 22.4 Å². The molecule has 0 spiro atoms. The summed E-state index contributed by atoms with van der Waals surface area (Å²) in [6.07, 6.45) is 4.36. The molecule has 0 radical (unpaired) electrons. The normalized spacial score (nSPS) is 18.7. The highest BCUT2D eigenvalue weighted by Crippen LogP contribution is 2.39. The number of hydrogen-bond acceptors (Lipinski definition) is 5. The van der Waals surface area contributed by atoms with E-state index in [-0.39, 0.29) is 11.2 Å². The van der Waals surface area contributed by atoms with Crippen molar-refractivity contribution < 1.29 is 23.9 Å². The summed E-state index contributed by atoms with van der Waals surface area (Å²) in [6, 6.07) is 10.7. The number of aromatic carboxylic acids is 1. The van der Waals surface area contributed by atoms with Gasteiger partial charge in [-0.1, -0.05) is 37.2 Å². The minimum atomic E-state index is -1.60. The number of thioether (sulfide) groups is 1. The second-order valence-electron chi connectivity index (χ2n) is 8.78. The van der Waals surface area contributed by atoms with Crippen molar-refractivity contribution in [1.82, 2.24) is 0 Å². The van der Waals surface area contributed by atoms with Crippen LogP contribution in [0.15, 0.2) is 36.4 Å². The van der Waals surface area contributed by atoms with Gasteiger partial charge in [0.2, 0.25) is 5.50 Å². The third-order valence-corrected chi connectivity index (χ3v) is 8.40. The lowest BCUT2D eigenvalue weighted by atomic mass is 9.79. The first-order valence-electron chi connectivity index (χ1n) is 11.2. The standard InChI is InChI=1S/C25H30FNO4S2/c1-4-5-8-20(28)25(2,3)16-10-12-17(13-11-16)27-21(33-22(26)23(27)29)9-6-7-18-14-15-19(32-18)24(30)31/h10-15,21-22H,4-9H2,1-3H3,(H,30,31). The number of rotatable bonds is 11. The molecule has 1 aliphatic rings. The molecule has 0 aliphatic carbocycles. The predicted octanol–water partition coefficient (Wildman–Crippen LogP) is 6.21. The smallest absolute Gasteiger partial charge is 0.345 e. The quantitative estimate of drug-likeness (QED) is 0.405. The van der Waals surface area contributed by atoms with E-state index >= 15 is 0 Å². The van der Waals surface area contributed by atoms with E-state index in [0.717, 1.165) is 35.0 Å². The van der Waals surface area contributed by atoms with Crippen molar-refractivity contribution in [3.8, 4) is 0 Å². The van der Waals surface area contributed by atoms with Crippen LogP contribution >= 0.6 is 23.1 Å². The van der Waals surface area contributed by atoms with Crippen molar-refractivity contribution in [1.29, 1.82) is 0 Å². The Morgan fingerprint density at radius 2 is 1.82 bits per heavy atom. The zero-order valence-corrected chi connectivity index (χ0v) is 20.8. The van der Waals surface area contributed by atoms with E-state index in [1.807, 2.05) is 26.0 Å². The number of thiophene rings is 1. The molecule has 1 saturated heterocycles. The Morgan fingerprint density at radius 1 is 1.12 bits per heavy atom. The van der Waals surface area contributed by atoms with Crippen LogP contribution in [0, 0.1) is 0 Å². The van der Waals surface area contributed by atoms with Gasteiger partial charge in [0.25, 0.3) is 5.91 Å². The number of nitrogens with zero attached hydrogens (tertiary/aromatic N) is 1. The number of benzene rings is 1. The summed E-state index contributed by atoms with van der Waals surface area (Å²) in [5, 5.41) is 8.73. The number of amides is 1. The number of aryl methyl sites for hydroxylation is 1. The fourth-order valence-corrected chi connectivity index (χ4v) is 5.97. The van der Waals surface area contributed by atoms with Gasteiger partial charge < -0.3 is 5.11 Å². The summed E-state index contributed by atoms with van der Waals surface area (Å²) in [4.78, 5) is 39.0. The molecule has 8 heteroatoms. The Bertz CT molecular complexity index is 1000. The van der Waals surface area contributed by atoms with Gasteiger partial charge in [-0.15, -0.1) is 11.3 Å². The average Bonchev–Trinajstić information content (AvgIpc) is 3.37. The maximum absolute atomic E-state index is 14.3. The molecule has 178 valence electrons. The number of anilines is 1. The monoisotopic (exact) mass is 491 g/mol. The molecule has 0 bridgehead atoms. The van der Waals surface area contributed by atoms with E-state index in [4.69, 9.17) is 5.11 Å². The highest BCUT2D eigenvalue weighted by atomic mass is 32.2. The highest BCUT2D eigenvalue weighted by molar-refractivity contribution is 8.01. The minimum absolute atomic E-state index is 0.186. The van der Waals surface area contributed by atoms with Crippen LogP contribution in [-0.2, 0) is 21.4 Å². The number of carbonyl (C=O) groups excluding carboxylic acids is 2. The number of alkyl halides is 1. The number of carboxylic acids is 1. The van der Waals surface area contributed by atoms with Gasteiger partial charge >= 0.3 is 5.97 Å². The summed E-state index contributed by atoms with van der Waals surface area (Å²) in [5.74, 6) is -1.31. The molecular formula is C25H30FNO4S2. The first-order chi connectivity index (χ1) is 15.6. The van der Waals surface area contributed by atoms with Gasteiger partial charge in [-0.25, -0.2) is 9.18 Å². The Hall–Kier alpha value is -2.19. The maximum Gasteiger partial charge on any atom is 0.345 e. The molecule has 2 unspecified atom stereocenters. The predicted molar refractivity (Wildman–Crippen MR) is 132 cm³/mol. The molecule has 1 aromatic heterocycles. The van der Waals surface area contributed by atoms with Crippen LogP contribution in [0.2, 0.25) is 0 Å². The van der Waals surface area contributed by atoms with Crippen LogP contribution in [0.5, 0.6) is 0 Å². The molecule has 1 fully saturated rings. The summed E-state index contributed by atoms with van der Waals surface area (Å²) in [7, 11) is 0. The van der Waals surface area contributed by atoms with Crippen LogP contribution in [0.25, 0.3) is 0 Å². The molecule has 0 saturated carbocycles.